The normalized spacial score (nSPS) is 11.9. The van der Waals surface area contributed by atoms with Crippen LogP contribution in [0, 0.1) is 0 Å². The molecule has 0 bridgehead atoms. The quantitative estimate of drug-likeness (QED) is 0.842. The molecule has 16 heavy (non-hydrogen) atoms. The molecule has 3 nitrogen and oxygen atoms in total. The number of hydrogen-bond acceptors (Lipinski definition) is 3. The Morgan fingerprint density at radius 1 is 1.44 bits per heavy atom. The highest BCUT2D eigenvalue weighted by atomic mass is 32.1. The van der Waals surface area contributed by atoms with Crippen molar-refractivity contribution in [3.8, 4) is 0 Å². The van der Waals surface area contributed by atoms with Gasteiger partial charge in [-0.25, -0.2) is 9.78 Å². The average molecular weight is 247 g/mol. The van der Waals surface area contributed by atoms with Crippen molar-refractivity contribution in [1.29, 1.82) is 0 Å². The standard InChI is InChI=1S/C9H4F3NO2S/c10-9(11,12)5-4-2-1-3-13-7(4)16-6(5)8(14)15/h1-3H,(H,14,15). The fraction of sp³-hybridized carbons (Fsp3) is 0.111. The maximum Gasteiger partial charge on any atom is 0.418 e. The van der Waals surface area contributed by atoms with Crippen molar-refractivity contribution in [1.82, 2.24) is 4.98 Å². The zero-order valence-electron chi connectivity index (χ0n) is 7.58. The van der Waals surface area contributed by atoms with Gasteiger partial charge >= 0.3 is 12.1 Å². The van der Waals surface area contributed by atoms with Gasteiger partial charge in [0, 0.05) is 11.6 Å². The van der Waals surface area contributed by atoms with Crippen molar-refractivity contribution in [2.75, 3.05) is 0 Å². The largest absolute Gasteiger partial charge is 0.477 e. The first-order valence-electron chi connectivity index (χ1n) is 4.09. The first-order valence-corrected chi connectivity index (χ1v) is 4.91. The Balaban J connectivity index is 2.85. The third-order valence-corrected chi connectivity index (χ3v) is 3.05. The van der Waals surface area contributed by atoms with E-state index >= 15 is 0 Å². The third-order valence-electron chi connectivity index (χ3n) is 1.94. The summed E-state index contributed by atoms with van der Waals surface area (Å²) in [5.41, 5.74) is -1.12. The Hall–Kier alpha value is -1.63. The van der Waals surface area contributed by atoms with Crippen LogP contribution < -0.4 is 0 Å². The van der Waals surface area contributed by atoms with E-state index < -0.39 is 22.6 Å². The van der Waals surface area contributed by atoms with Crippen LogP contribution in [0.1, 0.15) is 15.2 Å². The number of thiophene rings is 1. The molecule has 2 heterocycles. The second-order valence-corrected chi connectivity index (χ2v) is 3.96. The van der Waals surface area contributed by atoms with Crippen LogP contribution in [0.15, 0.2) is 18.3 Å². The number of halogens is 3. The van der Waals surface area contributed by atoms with E-state index in [1.807, 2.05) is 0 Å². The lowest BCUT2D eigenvalue weighted by atomic mass is 10.1. The Labute approximate surface area is 91.2 Å². The average Bonchev–Trinajstić information content (AvgIpc) is 2.55. The molecule has 0 aliphatic rings. The SMILES string of the molecule is O=C(O)c1sc2ncccc2c1C(F)(F)F. The summed E-state index contributed by atoms with van der Waals surface area (Å²) >= 11 is 0.528. The van der Waals surface area contributed by atoms with E-state index in [0.29, 0.717) is 11.3 Å². The smallest absolute Gasteiger partial charge is 0.418 e. The monoisotopic (exact) mass is 247 g/mol. The predicted octanol–water partition coefficient (Wildman–Crippen LogP) is 3.01. The van der Waals surface area contributed by atoms with Gasteiger partial charge in [-0.15, -0.1) is 11.3 Å². The Morgan fingerprint density at radius 2 is 2.12 bits per heavy atom. The van der Waals surface area contributed by atoms with E-state index in [9.17, 15) is 18.0 Å². The number of aromatic carboxylic acids is 1. The van der Waals surface area contributed by atoms with Crippen LogP contribution >= 0.6 is 11.3 Å². The van der Waals surface area contributed by atoms with Crippen LogP contribution in [-0.2, 0) is 6.18 Å². The fourth-order valence-electron chi connectivity index (χ4n) is 1.36. The first kappa shape index (κ1) is 10.9. The maximum absolute atomic E-state index is 12.7. The lowest BCUT2D eigenvalue weighted by molar-refractivity contribution is -0.136. The molecular formula is C9H4F3NO2S. The number of alkyl halides is 3. The van der Waals surface area contributed by atoms with Crippen LogP contribution in [0.2, 0.25) is 0 Å². The van der Waals surface area contributed by atoms with Gasteiger partial charge in [0.05, 0.1) is 5.56 Å². The summed E-state index contributed by atoms with van der Waals surface area (Å²) in [6.07, 6.45) is -3.36. The van der Waals surface area contributed by atoms with Gasteiger partial charge < -0.3 is 5.11 Å². The molecule has 0 fully saturated rings. The molecule has 0 spiro atoms. The number of hydrogen-bond donors (Lipinski definition) is 1. The minimum atomic E-state index is -4.69. The van der Waals surface area contributed by atoms with Crippen molar-refractivity contribution < 1.29 is 23.1 Å². The first-order chi connectivity index (χ1) is 7.41. The molecule has 1 N–H and O–H groups in total. The molecule has 0 aromatic carbocycles. The summed E-state index contributed by atoms with van der Waals surface area (Å²) in [4.78, 5) is 13.8. The minimum absolute atomic E-state index is 0.0761. The summed E-state index contributed by atoms with van der Waals surface area (Å²) in [6, 6.07) is 2.56. The number of pyridine rings is 1. The number of aromatic nitrogens is 1. The molecule has 0 atom stereocenters. The summed E-state index contributed by atoms with van der Waals surface area (Å²) < 4.78 is 38.1. The van der Waals surface area contributed by atoms with Crippen molar-refractivity contribution in [2.24, 2.45) is 0 Å². The van der Waals surface area contributed by atoms with Gasteiger partial charge in [0.25, 0.3) is 0 Å². The van der Waals surface area contributed by atoms with E-state index in [4.69, 9.17) is 5.11 Å². The summed E-state index contributed by atoms with van der Waals surface area (Å²) in [5.74, 6) is -1.59. The van der Waals surface area contributed by atoms with Crippen LogP contribution in [0.25, 0.3) is 10.2 Å². The second-order valence-electron chi connectivity index (χ2n) is 2.97. The van der Waals surface area contributed by atoms with Crippen molar-refractivity contribution >= 4 is 27.5 Å². The second kappa shape index (κ2) is 3.44. The van der Waals surface area contributed by atoms with Crippen LogP contribution in [0.4, 0.5) is 13.2 Å². The Morgan fingerprint density at radius 3 is 2.69 bits per heavy atom. The minimum Gasteiger partial charge on any atom is -0.477 e. The summed E-state index contributed by atoms with van der Waals surface area (Å²) in [6.45, 7) is 0. The molecule has 0 saturated carbocycles. The van der Waals surface area contributed by atoms with Gasteiger partial charge in [0.15, 0.2) is 0 Å². The van der Waals surface area contributed by atoms with Gasteiger partial charge in [0.2, 0.25) is 0 Å². The highest BCUT2D eigenvalue weighted by Gasteiger charge is 2.39. The van der Waals surface area contributed by atoms with Gasteiger partial charge in [-0.2, -0.15) is 13.2 Å². The zero-order valence-corrected chi connectivity index (χ0v) is 8.39. The molecule has 7 heteroatoms. The predicted molar refractivity (Wildman–Crippen MR) is 51.6 cm³/mol. The fourth-order valence-corrected chi connectivity index (χ4v) is 2.37. The van der Waals surface area contributed by atoms with E-state index in [0.717, 1.165) is 0 Å². The number of carboxylic acid groups (broad SMARTS) is 1. The van der Waals surface area contributed by atoms with E-state index in [1.165, 1.54) is 18.3 Å². The topological polar surface area (TPSA) is 50.2 Å². The van der Waals surface area contributed by atoms with E-state index in [1.54, 1.807) is 0 Å². The van der Waals surface area contributed by atoms with Gasteiger partial charge in [-0.1, -0.05) is 0 Å². The maximum atomic E-state index is 12.7. The van der Waals surface area contributed by atoms with Crippen molar-refractivity contribution in [3.05, 3.63) is 28.8 Å². The molecule has 0 unspecified atom stereocenters. The highest BCUT2D eigenvalue weighted by molar-refractivity contribution is 7.20. The van der Waals surface area contributed by atoms with Gasteiger partial charge in [-0.05, 0) is 12.1 Å². The lowest BCUT2D eigenvalue weighted by Gasteiger charge is -2.05. The van der Waals surface area contributed by atoms with Crippen LogP contribution in [0.5, 0.6) is 0 Å². The molecule has 0 radical (unpaired) electrons. The number of nitrogens with zero attached hydrogens (tertiary/aromatic N) is 1. The molecular weight excluding hydrogens is 243 g/mol. The summed E-state index contributed by atoms with van der Waals surface area (Å²) in [5, 5.41) is 8.54. The lowest BCUT2D eigenvalue weighted by Crippen LogP contribution is -2.09. The molecule has 84 valence electrons. The van der Waals surface area contributed by atoms with Crippen LogP contribution in [0.3, 0.4) is 0 Å². The van der Waals surface area contributed by atoms with Crippen molar-refractivity contribution in [2.45, 2.75) is 6.18 Å². The zero-order chi connectivity index (χ0) is 11.9. The van der Waals surface area contributed by atoms with Gasteiger partial charge in [0.1, 0.15) is 9.71 Å². The number of fused-ring (bicyclic) bond motifs is 1. The number of rotatable bonds is 1. The molecule has 2 rings (SSSR count). The number of carbonyl (C=O) groups is 1. The Kier molecular flexibility index (Phi) is 2.34. The molecule has 2 aromatic heterocycles. The molecule has 0 aliphatic heterocycles. The molecule has 0 aliphatic carbocycles. The van der Waals surface area contributed by atoms with E-state index in [-0.39, 0.29) is 10.2 Å². The van der Waals surface area contributed by atoms with Crippen molar-refractivity contribution in [3.63, 3.8) is 0 Å². The third kappa shape index (κ3) is 1.63. The molecule has 0 amide bonds. The van der Waals surface area contributed by atoms with Gasteiger partial charge in [-0.3, -0.25) is 0 Å². The highest BCUT2D eigenvalue weighted by Crippen LogP contribution is 2.41. The Bertz CT molecular complexity index is 561. The molecule has 0 saturated heterocycles. The van der Waals surface area contributed by atoms with E-state index in [2.05, 4.69) is 4.98 Å². The molecule has 2 aromatic rings. The number of carboxylic acids is 1. The van der Waals surface area contributed by atoms with Crippen LogP contribution in [-0.4, -0.2) is 16.1 Å². The summed E-state index contributed by atoms with van der Waals surface area (Å²) in [7, 11) is 0.